The average Bonchev–Trinajstić information content (AvgIpc) is 3.04. The molecule has 0 saturated carbocycles. The third-order valence-electron chi connectivity index (χ3n) is 7.97. The number of carbonyl (C=O) groups excluding carboxylic acids is 5. The zero-order chi connectivity index (χ0) is 34.8. The summed E-state index contributed by atoms with van der Waals surface area (Å²) in [5.74, 6) is -3.41. The van der Waals surface area contributed by atoms with E-state index in [1.165, 1.54) is 57.8 Å². The van der Waals surface area contributed by atoms with Gasteiger partial charge in [-0.1, -0.05) is 38.2 Å². The SMILES string of the molecule is CO[C@H]1/C=C\C=C(/C)C(=O)NC2=CC(=O)C(NC(=O)c3ccncc3)=C(C[C@@H](C)C[C@H](OC)[C@H](O)[C@@H](C)/C=C(\C)[C@@H]1OC(N)=O)C2=O. The van der Waals surface area contributed by atoms with E-state index in [1.54, 1.807) is 26.0 Å². The van der Waals surface area contributed by atoms with Gasteiger partial charge in [0.1, 0.15) is 6.10 Å². The number of amides is 3. The summed E-state index contributed by atoms with van der Waals surface area (Å²) in [7, 11) is 2.86. The van der Waals surface area contributed by atoms with Crippen molar-refractivity contribution in [3.8, 4) is 0 Å². The average molecular weight is 651 g/mol. The van der Waals surface area contributed by atoms with Crippen LogP contribution in [-0.4, -0.2) is 78.2 Å². The van der Waals surface area contributed by atoms with Gasteiger partial charge in [0.05, 0.1) is 23.6 Å². The maximum atomic E-state index is 13.8. The lowest BCUT2D eigenvalue weighted by molar-refractivity contribution is -0.120. The van der Waals surface area contributed by atoms with Gasteiger partial charge < -0.3 is 35.7 Å². The maximum absolute atomic E-state index is 13.8. The summed E-state index contributed by atoms with van der Waals surface area (Å²) in [5, 5.41) is 16.4. The number of allylic oxidation sites excluding steroid dienone is 4. The Labute approximate surface area is 273 Å². The Balaban J connectivity index is 2.09. The van der Waals surface area contributed by atoms with Crippen LogP contribution in [0.2, 0.25) is 0 Å². The van der Waals surface area contributed by atoms with Crippen molar-refractivity contribution >= 4 is 29.5 Å². The zero-order valence-electron chi connectivity index (χ0n) is 27.3. The summed E-state index contributed by atoms with van der Waals surface area (Å²) in [6.45, 7) is 6.80. The highest BCUT2D eigenvalue weighted by molar-refractivity contribution is 6.24. The number of rotatable bonds is 5. The first-order chi connectivity index (χ1) is 22.3. The van der Waals surface area contributed by atoms with Gasteiger partial charge in [0, 0.05) is 55.3 Å². The number of hydrogen-bond acceptors (Lipinski definition) is 10. The number of hydrogen-bond donors (Lipinski definition) is 4. The normalized spacial score (nSPS) is 29.4. The molecule has 5 N–H and O–H groups in total. The van der Waals surface area contributed by atoms with E-state index in [9.17, 15) is 29.1 Å². The second-order valence-corrected chi connectivity index (χ2v) is 11.6. The number of ether oxygens (including phenoxy) is 3. The second-order valence-electron chi connectivity index (χ2n) is 11.6. The molecule has 2 bridgehead atoms. The van der Waals surface area contributed by atoms with Gasteiger partial charge in [0.2, 0.25) is 11.6 Å². The number of aromatic nitrogens is 1. The Bertz CT molecular complexity index is 1530. The number of nitrogens with one attached hydrogen (secondary N) is 2. The van der Waals surface area contributed by atoms with E-state index in [-0.39, 0.29) is 46.9 Å². The number of nitrogens with two attached hydrogens (primary N) is 1. The van der Waals surface area contributed by atoms with Crippen molar-refractivity contribution in [2.75, 3.05) is 14.2 Å². The Morgan fingerprint density at radius 3 is 2.38 bits per heavy atom. The zero-order valence-corrected chi connectivity index (χ0v) is 27.3. The molecule has 3 rings (SSSR count). The minimum Gasteiger partial charge on any atom is -0.439 e. The van der Waals surface area contributed by atoms with E-state index in [2.05, 4.69) is 15.6 Å². The number of aliphatic hydroxyl groups excluding tert-OH is 1. The van der Waals surface area contributed by atoms with Crippen LogP contribution in [0, 0.1) is 11.8 Å². The molecule has 1 aliphatic heterocycles. The molecule has 1 aromatic heterocycles. The minimum atomic E-state index is -1.03. The largest absolute Gasteiger partial charge is 0.439 e. The molecule has 3 amide bonds. The van der Waals surface area contributed by atoms with Crippen LogP contribution in [0.1, 0.15) is 50.9 Å². The van der Waals surface area contributed by atoms with Gasteiger partial charge >= 0.3 is 6.09 Å². The monoisotopic (exact) mass is 650 g/mol. The number of nitrogens with zero attached hydrogens (tertiary/aromatic N) is 1. The van der Waals surface area contributed by atoms with Crippen molar-refractivity contribution in [2.24, 2.45) is 17.6 Å². The molecule has 0 aromatic carbocycles. The summed E-state index contributed by atoms with van der Waals surface area (Å²) in [5.41, 5.74) is 5.87. The molecule has 0 fully saturated rings. The fraction of sp³-hybridized carbons (Fsp3) is 0.412. The predicted molar refractivity (Wildman–Crippen MR) is 171 cm³/mol. The van der Waals surface area contributed by atoms with Crippen molar-refractivity contribution < 1.29 is 43.3 Å². The third kappa shape index (κ3) is 9.64. The number of ketones is 2. The number of methoxy groups -OCH3 is 2. The number of pyridine rings is 1. The molecule has 0 spiro atoms. The first-order valence-electron chi connectivity index (χ1n) is 15.1. The van der Waals surface area contributed by atoms with Crippen molar-refractivity contribution in [2.45, 2.75) is 65.0 Å². The van der Waals surface area contributed by atoms with Crippen LogP contribution in [0.5, 0.6) is 0 Å². The summed E-state index contributed by atoms with van der Waals surface area (Å²) >= 11 is 0. The lowest BCUT2D eigenvalue weighted by atomic mass is 9.85. The minimum absolute atomic E-state index is 0.00432. The molecule has 2 heterocycles. The van der Waals surface area contributed by atoms with Crippen LogP contribution < -0.4 is 16.4 Å². The van der Waals surface area contributed by atoms with E-state index < -0.39 is 59.8 Å². The highest BCUT2D eigenvalue weighted by Gasteiger charge is 2.34. The lowest BCUT2D eigenvalue weighted by Gasteiger charge is -2.30. The molecule has 13 heteroatoms. The third-order valence-corrected chi connectivity index (χ3v) is 7.97. The fourth-order valence-corrected chi connectivity index (χ4v) is 5.41. The molecule has 6 atom stereocenters. The van der Waals surface area contributed by atoms with Crippen molar-refractivity contribution in [1.29, 1.82) is 0 Å². The smallest absolute Gasteiger partial charge is 0.405 e. The lowest BCUT2D eigenvalue weighted by Crippen LogP contribution is -2.38. The van der Waals surface area contributed by atoms with Gasteiger partial charge in [-0.15, -0.1) is 0 Å². The van der Waals surface area contributed by atoms with Crippen LogP contribution in [0.4, 0.5) is 4.79 Å². The molecule has 0 saturated heterocycles. The highest BCUT2D eigenvalue weighted by atomic mass is 16.6. The Morgan fingerprint density at radius 1 is 1.09 bits per heavy atom. The number of carbonyl (C=O) groups is 5. The molecule has 0 unspecified atom stereocenters. The summed E-state index contributed by atoms with van der Waals surface area (Å²) in [4.78, 5) is 69.0. The van der Waals surface area contributed by atoms with Crippen LogP contribution in [0.15, 0.2) is 83.0 Å². The fourth-order valence-electron chi connectivity index (χ4n) is 5.41. The molecule has 1 aliphatic carbocycles. The van der Waals surface area contributed by atoms with Gasteiger partial charge in [0.15, 0.2) is 6.10 Å². The topological polar surface area (TPSA) is 196 Å². The Kier molecular flexibility index (Phi) is 13.1. The first-order valence-corrected chi connectivity index (χ1v) is 15.1. The first kappa shape index (κ1) is 36.7. The van der Waals surface area contributed by atoms with E-state index in [0.717, 1.165) is 6.08 Å². The summed E-state index contributed by atoms with van der Waals surface area (Å²) in [6, 6.07) is 2.93. The van der Waals surface area contributed by atoms with E-state index >= 15 is 0 Å². The van der Waals surface area contributed by atoms with Crippen LogP contribution in [0.25, 0.3) is 0 Å². The molecule has 0 radical (unpaired) electrons. The summed E-state index contributed by atoms with van der Waals surface area (Å²) < 4.78 is 16.6. The van der Waals surface area contributed by atoms with Gasteiger partial charge in [-0.3, -0.25) is 24.2 Å². The van der Waals surface area contributed by atoms with Gasteiger partial charge in [-0.2, -0.15) is 0 Å². The number of primary amides is 1. The van der Waals surface area contributed by atoms with Crippen LogP contribution in [0.3, 0.4) is 0 Å². The second kappa shape index (κ2) is 16.7. The Hall–Kier alpha value is -4.72. The number of fused-ring (bicyclic) bond motifs is 2. The number of Topliss-reactive ketones (excluding diaryl/α,β-unsaturated/α-hetero) is 1. The van der Waals surface area contributed by atoms with Crippen LogP contribution in [-0.2, 0) is 28.6 Å². The molecule has 2 aliphatic rings. The van der Waals surface area contributed by atoms with Gasteiger partial charge in [0.25, 0.3) is 11.8 Å². The molecule has 13 nitrogen and oxygen atoms in total. The molecule has 1 aromatic rings. The molecular weight excluding hydrogens is 608 g/mol. The van der Waals surface area contributed by atoms with E-state index in [4.69, 9.17) is 19.9 Å². The van der Waals surface area contributed by atoms with E-state index in [1.807, 2.05) is 6.92 Å². The van der Waals surface area contributed by atoms with Crippen LogP contribution >= 0.6 is 0 Å². The van der Waals surface area contributed by atoms with E-state index in [0.29, 0.717) is 5.57 Å². The quantitative estimate of drug-likeness (QED) is 0.272. The van der Waals surface area contributed by atoms with Crippen molar-refractivity contribution in [3.05, 3.63) is 88.6 Å². The maximum Gasteiger partial charge on any atom is 0.405 e. The predicted octanol–water partition coefficient (Wildman–Crippen LogP) is 2.59. The highest BCUT2D eigenvalue weighted by Crippen LogP contribution is 2.29. The van der Waals surface area contributed by atoms with Gasteiger partial charge in [-0.05, 0) is 50.3 Å². The molecule has 252 valence electrons. The van der Waals surface area contributed by atoms with Gasteiger partial charge in [-0.25, -0.2) is 4.79 Å². The van der Waals surface area contributed by atoms with Crippen molar-refractivity contribution in [3.63, 3.8) is 0 Å². The molecular formula is C34H42N4O9. The van der Waals surface area contributed by atoms with Crippen molar-refractivity contribution in [1.82, 2.24) is 15.6 Å². The molecule has 47 heavy (non-hydrogen) atoms. The summed E-state index contributed by atoms with van der Waals surface area (Å²) in [6.07, 6.45) is 5.82. The standard InChI is InChI=1S/C34H42N4O9/c1-18-14-23-28(38-33(43)22-10-12-36-13-11-22)25(39)17-24(30(23)41)37-32(42)19(2)8-7-9-26(45-5)31(47-34(35)44)21(4)16-20(3)29(40)27(15-18)46-6/h7-13,16-18,20,26-27,29,31,40H,14-15H2,1-6H3,(H2,35,44)(H,37,42)(H,38,43)/b9-7-,19-8+,21-16+/t18-,20+,26+,27+,29-,31+/m1/s1. The number of aliphatic hydroxyl groups is 1. The Morgan fingerprint density at radius 2 is 1.77 bits per heavy atom.